The van der Waals surface area contributed by atoms with Gasteiger partial charge in [-0.3, -0.25) is 4.79 Å². The molecule has 0 aliphatic carbocycles. The van der Waals surface area contributed by atoms with Gasteiger partial charge in [0.05, 0.1) is 0 Å². The van der Waals surface area contributed by atoms with Gasteiger partial charge < -0.3 is 14.5 Å². The first kappa shape index (κ1) is 16.1. The van der Waals surface area contributed by atoms with Crippen molar-refractivity contribution >= 4 is 12.0 Å². The molecule has 2 amide bonds. The van der Waals surface area contributed by atoms with Crippen LogP contribution in [0.15, 0.2) is 0 Å². The van der Waals surface area contributed by atoms with Crippen LogP contribution in [0.2, 0.25) is 0 Å². The molecule has 2 heterocycles. The lowest BCUT2D eigenvalue weighted by Crippen LogP contribution is -2.57. The zero-order chi connectivity index (χ0) is 16.1. The number of likely N-dealkylation sites (tertiary alicyclic amines) is 2. The maximum absolute atomic E-state index is 12.4. The van der Waals surface area contributed by atoms with Crippen molar-refractivity contribution in [3.05, 3.63) is 0 Å². The molecule has 0 aromatic heterocycles. The first-order chi connectivity index (χ1) is 9.44. The second kappa shape index (κ2) is 4.89. The van der Waals surface area contributed by atoms with Crippen LogP contribution in [0.5, 0.6) is 0 Å². The second-order valence-electron chi connectivity index (χ2n) is 8.30. The van der Waals surface area contributed by atoms with Gasteiger partial charge >= 0.3 is 6.09 Å². The molecule has 1 unspecified atom stereocenters. The van der Waals surface area contributed by atoms with E-state index in [0.29, 0.717) is 13.0 Å². The lowest BCUT2D eigenvalue weighted by molar-refractivity contribution is -0.126. The summed E-state index contributed by atoms with van der Waals surface area (Å²) in [5, 5.41) is 0. The molecule has 2 rings (SSSR count). The number of piperidine rings is 1. The van der Waals surface area contributed by atoms with Crippen molar-refractivity contribution < 1.29 is 14.3 Å². The summed E-state index contributed by atoms with van der Waals surface area (Å²) in [7, 11) is 1.87. The fraction of sp³-hybridized carbons (Fsp3) is 0.875. The molecule has 2 aliphatic rings. The molecule has 0 aromatic carbocycles. The van der Waals surface area contributed by atoms with Gasteiger partial charge in [-0.1, -0.05) is 0 Å². The number of carbonyl (C=O) groups excluding carboxylic acids is 2. The third-order valence-corrected chi connectivity index (χ3v) is 4.54. The molecule has 21 heavy (non-hydrogen) atoms. The van der Waals surface area contributed by atoms with E-state index in [0.717, 1.165) is 19.4 Å². The summed E-state index contributed by atoms with van der Waals surface area (Å²) < 4.78 is 5.52. The number of amides is 2. The molecule has 5 heteroatoms. The molecule has 2 fully saturated rings. The molecule has 0 N–H and O–H groups in total. The Kier molecular flexibility index (Phi) is 3.75. The Hall–Kier alpha value is -1.26. The van der Waals surface area contributed by atoms with Gasteiger partial charge in [0.25, 0.3) is 0 Å². The predicted octanol–water partition coefficient (Wildman–Crippen LogP) is 2.64. The number of hydrogen-bond donors (Lipinski definition) is 0. The van der Waals surface area contributed by atoms with E-state index in [-0.39, 0.29) is 23.0 Å². The van der Waals surface area contributed by atoms with Crippen molar-refractivity contribution in [3.8, 4) is 0 Å². The van der Waals surface area contributed by atoms with Gasteiger partial charge in [0, 0.05) is 37.5 Å². The highest BCUT2D eigenvalue weighted by Gasteiger charge is 2.51. The van der Waals surface area contributed by atoms with Crippen molar-refractivity contribution in [1.82, 2.24) is 9.80 Å². The molecule has 0 aromatic rings. The van der Waals surface area contributed by atoms with Crippen molar-refractivity contribution in [3.63, 3.8) is 0 Å². The zero-order valence-corrected chi connectivity index (χ0v) is 14.2. The zero-order valence-electron chi connectivity index (χ0n) is 14.2. The molecule has 0 bridgehead atoms. The van der Waals surface area contributed by atoms with Crippen LogP contribution in [0.3, 0.4) is 0 Å². The highest BCUT2D eigenvalue weighted by Crippen LogP contribution is 2.46. The smallest absolute Gasteiger partial charge is 0.410 e. The van der Waals surface area contributed by atoms with E-state index in [1.165, 1.54) is 0 Å². The van der Waals surface area contributed by atoms with Gasteiger partial charge in [-0.05, 0) is 47.5 Å². The Morgan fingerprint density at radius 1 is 1.29 bits per heavy atom. The second-order valence-corrected chi connectivity index (χ2v) is 8.30. The Morgan fingerprint density at radius 3 is 2.33 bits per heavy atom. The molecule has 5 nitrogen and oxygen atoms in total. The number of nitrogens with zero attached hydrogens (tertiary/aromatic N) is 2. The van der Waals surface area contributed by atoms with Crippen LogP contribution >= 0.6 is 0 Å². The van der Waals surface area contributed by atoms with E-state index >= 15 is 0 Å². The fourth-order valence-electron chi connectivity index (χ4n) is 3.80. The first-order valence-corrected chi connectivity index (χ1v) is 7.69. The van der Waals surface area contributed by atoms with E-state index in [1.54, 1.807) is 0 Å². The van der Waals surface area contributed by atoms with E-state index in [2.05, 4.69) is 13.8 Å². The van der Waals surface area contributed by atoms with Crippen molar-refractivity contribution in [2.24, 2.45) is 5.41 Å². The number of hydrogen-bond acceptors (Lipinski definition) is 3. The molecule has 1 spiro atoms. The van der Waals surface area contributed by atoms with Gasteiger partial charge in [-0.2, -0.15) is 0 Å². The summed E-state index contributed by atoms with van der Waals surface area (Å²) in [6, 6.07) is 0. The number of rotatable bonds is 0. The van der Waals surface area contributed by atoms with Crippen molar-refractivity contribution in [2.45, 2.75) is 65.0 Å². The molecule has 0 radical (unpaired) electrons. The number of carbonyl (C=O) groups is 2. The Labute approximate surface area is 127 Å². The molecule has 120 valence electrons. The highest BCUT2D eigenvalue weighted by molar-refractivity contribution is 5.79. The van der Waals surface area contributed by atoms with Crippen LogP contribution in [0, 0.1) is 5.41 Å². The lowest BCUT2D eigenvalue weighted by Gasteiger charge is -2.49. The van der Waals surface area contributed by atoms with Crippen molar-refractivity contribution in [2.75, 3.05) is 20.1 Å². The number of ether oxygens (including phenoxy) is 1. The van der Waals surface area contributed by atoms with Gasteiger partial charge in [-0.25, -0.2) is 4.79 Å². The maximum atomic E-state index is 12.4. The van der Waals surface area contributed by atoms with Gasteiger partial charge in [-0.15, -0.1) is 0 Å². The van der Waals surface area contributed by atoms with Crippen LogP contribution in [-0.2, 0) is 9.53 Å². The summed E-state index contributed by atoms with van der Waals surface area (Å²) in [4.78, 5) is 27.9. The van der Waals surface area contributed by atoms with Crippen LogP contribution in [0.4, 0.5) is 4.79 Å². The van der Waals surface area contributed by atoms with E-state index in [9.17, 15) is 9.59 Å². The molecular formula is C16H28N2O3. The van der Waals surface area contributed by atoms with E-state index in [1.807, 2.05) is 37.6 Å². The largest absolute Gasteiger partial charge is 0.444 e. The van der Waals surface area contributed by atoms with Gasteiger partial charge in [0.2, 0.25) is 5.91 Å². The van der Waals surface area contributed by atoms with Crippen LogP contribution in [-0.4, -0.2) is 53.1 Å². The minimum absolute atomic E-state index is 0.0217. The lowest BCUT2D eigenvalue weighted by atomic mass is 9.70. The Balaban J connectivity index is 2.10. The SMILES string of the molecule is CN1CC2(CCN(C(=O)OC(C)(C)C)C(C)(C)C2)CC1=O. The molecular weight excluding hydrogens is 268 g/mol. The summed E-state index contributed by atoms with van der Waals surface area (Å²) >= 11 is 0. The monoisotopic (exact) mass is 296 g/mol. The van der Waals surface area contributed by atoms with Crippen LogP contribution in [0.25, 0.3) is 0 Å². The maximum Gasteiger partial charge on any atom is 0.410 e. The van der Waals surface area contributed by atoms with Gasteiger partial charge in [0.1, 0.15) is 5.60 Å². The normalized spacial score (nSPS) is 29.1. The van der Waals surface area contributed by atoms with E-state index in [4.69, 9.17) is 4.74 Å². The van der Waals surface area contributed by atoms with E-state index < -0.39 is 5.60 Å². The van der Waals surface area contributed by atoms with Gasteiger partial charge in [0.15, 0.2) is 0 Å². The predicted molar refractivity (Wildman–Crippen MR) is 80.9 cm³/mol. The molecule has 0 saturated carbocycles. The third-order valence-electron chi connectivity index (χ3n) is 4.54. The third kappa shape index (κ3) is 3.33. The minimum atomic E-state index is -0.480. The summed E-state index contributed by atoms with van der Waals surface area (Å²) in [6.45, 7) is 11.2. The minimum Gasteiger partial charge on any atom is -0.444 e. The average molecular weight is 296 g/mol. The quantitative estimate of drug-likeness (QED) is 0.690. The Bertz CT molecular complexity index is 453. The molecule has 2 aliphatic heterocycles. The molecule has 2 saturated heterocycles. The molecule has 1 atom stereocenters. The average Bonchev–Trinajstić information content (AvgIpc) is 2.49. The summed E-state index contributed by atoms with van der Waals surface area (Å²) in [5.74, 6) is 0.219. The van der Waals surface area contributed by atoms with Crippen LogP contribution in [0.1, 0.15) is 53.9 Å². The van der Waals surface area contributed by atoms with Crippen LogP contribution < -0.4 is 0 Å². The summed E-state index contributed by atoms with van der Waals surface area (Å²) in [6.07, 6.45) is 2.07. The fourth-order valence-corrected chi connectivity index (χ4v) is 3.80. The topological polar surface area (TPSA) is 49.9 Å². The summed E-state index contributed by atoms with van der Waals surface area (Å²) in [5.41, 5.74) is -0.744. The Morgan fingerprint density at radius 2 is 1.90 bits per heavy atom. The highest BCUT2D eigenvalue weighted by atomic mass is 16.6. The van der Waals surface area contributed by atoms with Crippen molar-refractivity contribution in [1.29, 1.82) is 0 Å². The first-order valence-electron chi connectivity index (χ1n) is 7.69. The standard InChI is InChI=1S/C16H28N2O3/c1-14(2,3)21-13(20)18-8-7-16(10-15(18,4)5)9-12(19)17(6)11-16/h7-11H2,1-6H3.